The van der Waals surface area contributed by atoms with Gasteiger partial charge < -0.3 is 15.4 Å². The van der Waals surface area contributed by atoms with Crippen molar-refractivity contribution < 1.29 is 23.9 Å². The standard InChI is InChI=1S/C26H34N4O5S2/c1-3-29-12-11-15-17(24(37-19(15)14-29)30-20(31)9-10-21(30)32)13-27-26(34)28-23-22(25(33)35-4-2)16-7-5-6-8-18(16)36-23/h16,18H,3-14H2,1-2H3,(H2,27,28,34). The number of carbonyl (C=O) groups is 4. The Morgan fingerprint density at radius 3 is 2.57 bits per heavy atom. The quantitative estimate of drug-likeness (QED) is 0.397. The third-order valence-electron chi connectivity index (χ3n) is 7.66. The van der Waals surface area contributed by atoms with Crippen molar-refractivity contribution in [2.45, 2.75) is 77.1 Å². The maximum Gasteiger partial charge on any atom is 0.336 e. The van der Waals surface area contributed by atoms with Gasteiger partial charge in [0.15, 0.2) is 0 Å². The van der Waals surface area contributed by atoms with Gasteiger partial charge in [0.05, 0.1) is 17.2 Å². The van der Waals surface area contributed by atoms with Gasteiger partial charge in [-0.1, -0.05) is 19.8 Å². The lowest BCUT2D eigenvalue weighted by Crippen LogP contribution is -2.36. The molecule has 0 spiro atoms. The molecule has 37 heavy (non-hydrogen) atoms. The summed E-state index contributed by atoms with van der Waals surface area (Å²) >= 11 is 3.05. The zero-order valence-electron chi connectivity index (χ0n) is 21.4. The lowest BCUT2D eigenvalue weighted by Gasteiger charge is -2.25. The Balaban J connectivity index is 1.35. The molecule has 5 rings (SSSR count). The minimum Gasteiger partial charge on any atom is -0.463 e. The highest BCUT2D eigenvalue weighted by Crippen LogP contribution is 2.48. The Kier molecular flexibility index (Phi) is 7.92. The van der Waals surface area contributed by atoms with Gasteiger partial charge in [0.2, 0.25) is 11.8 Å². The van der Waals surface area contributed by atoms with Crippen LogP contribution in [-0.4, -0.2) is 53.7 Å². The monoisotopic (exact) mass is 546 g/mol. The number of thiophene rings is 1. The molecular weight excluding hydrogens is 512 g/mol. The number of imide groups is 1. The Morgan fingerprint density at radius 2 is 1.84 bits per heavy atom. The van der Waals surface area contributed by atoms with E-state index in [-0.39, 0.29) is 48.3 Å². The van der Waals surface area contributed by atoms with Gasteiger partial charge in [-0.2, -0.15) is 0 Å². The van der Waals surface area contributed by atoms with E-state index < -0.39 is 6.03 Å². The van der Waals surface area contributed by atoms with Crippen LogP contribution >= 0.6 is 23.1 Å². The van der Waals surface area contributed by atoms with Gasteiger partial charge >= 0.3 is 12.0 Å². The molecule has 1 saturated carbocycles. The van der Waals surface area contributed by atoms with Crippen LogP contribution in [-0.2, 0) is 38.6 Å². The van der Waals surface area contributed by atoms with Crippen LogP contribution in [0.2, 0.25) is 0 Å². The lowest BCUT2D eigenvalue weighted by molar-refractivity contribution is -0.139. The van der Waals surface area contributed by atoms with Crippen molar-refractivity contribution in [1.29, 1.82) is 0 Å². The molecule has 200 valence electrons. The van der Waals surface area contributed by atoms with E-state index in [1.165, 1.54) is 16.2 Å². The molecule has 2 atom stereocenters. The van der Waals surface area contributed by atoms with Crippen LogP contribution in [0.3, 0.4) is 0 Å². The van der Waals surface area contributed by atoms with Gasteiger partial charge in [-0.3, -0.25) is 14.5 Å². The summed E-state index contributed by atoms with van der Waals surface area (Å²) in [6.45, 7) is 7.01. The Labute approximate surface area is 225 Å². The fourth-order valence-electron chi connectivity index (χ4n) is 5.76. The number of esters is 1. The fraction of sp³-hybridized carbons (Fsp3) is 0.615. The molecule has 4 aliphatic rings. The van der Waals surface area contributed by atoms with Crippen molar-refractivity contribution >= 4 is 51.9 Å². The zero-order chi connectivity index (χ0) is 26.1. The first-order valence-electron chi connectivity index (χ1n) is 13.3. The number of hydrogen-bond acceptors (Lipinski definition) is 8. The minimum absolute atomic E-state index is 0.109. The topological polar surface area (TPSA) is 108 Å². The summed E-state index contributed by atoms with van der Waals surface area (Å²) in [7, 11) is 0. The summed E-state index contributed by atoms with van der Waals surface area (Å²) in [5.74, 6) is -0.607. The number of fused-ring (bicyclic) bond motifs is 2. The molecule has 1 aromatic rings. The largest absolute Gasteiger partial charge is 0.463 e. The van der Waals surface area contributed by atoms with Crippen LogP contribution in [0.1, 0.15) is 68.4 Å². The van der Waals surface area contributed by atoms with E-state index in [1.807, 2.05) is 0 Å². The van der Waals surface area contributed by atoms with Crippen molar-refractivity contribution in [1.82, 2.24) is 15.5 Å². The maximum absolute atomic E-state index is 13.1. The summed E-state index contributed by atoms with van der Waals surface area (Å²) < 4.78 is 5.32. The predicted molar refractivity (Wildman–Crippen MR) is 143 cm³/mol. The van der Waals surface area contributed by atoms with Crippen LogP contribution in [0.4, 0.5) is 9.80 Å². The van der Waals surface area contributed by atoms with E-state index in [4.69, 9.17) is 4.74 Å². The van der Waals surface area contributed by atoms with Crippen molar-refractivity contribution in [3.05, 3.63) is 26.6 Å². The zero-order valence-corrected chi connectivity index (χ0v) is 23.0. The first-order valence-corrected chi connectivity index (χ1v) is 14.9. The molecule has 4 amide bonds. The number of likely N-dealkylation sites (N-methyl/N-ethyl adjacent to an activating group) is 1. The number of urea groups is 1. The van der Waals surface area contributed by atoms with E-state index in [2.05, 4.69) is 22.5 Å². The van der Waals surface area contributed by atoms with E-state index in [0.717, 1.165) is 67.7 Å². The van der Waals surface area contributed by atoms with Crippen LogP contribution in [0.15, 0.2) is 10.6 Å². The fourth-order valence-corrected chi connectivity index (χ4v) is 8.74. The van der Waals surface area contributed by atoms with E-state index >= 15 is 0 Å². The van der Waals surface area contributed by atoms with Gasteiger partial charge in [-0.05, 0) is 38.3 Å². The highest BCUT2D eigenvalue weighted by atomic mass is 32.2. The molecule has 0 radical (unpaired) electrons. The third kappa shape index (κ3) is 5.18. The van der Waals surface area contributed by atoms with Crippen LogP contribution in [0, 0.1) is 5.92 Å². The predicted octanol–water partition coefficient (Wildman–Crippen LogP) is 3.66. The second-order valence-corrected chi connectivity index (χ2v) is 12.2. The van der Waals surface area contributed by atoms with Crippen molar-refractivity contribution in [3.8, 4) is 0 Å². The summed E-state index contributed by atoms with van der Waals surface area (Å²) in [4.78, 5) is 55.8. The molecule has 11 heteroatoms. The molecule has 0 aromatic carbocycles. The van der Waals surface area contributed by atoms with Crippen molar-refractivity contribution in [2.75, 3.05) is 24.6 Å². The van der Waals surface area contributed by atoms with Gasteiger partial charge in [0, 0.05) is 54.1 Å². The number of nitrogens with one attached hydrogen (secondary N) is 2. The third-order valence-corrected chi connectivity index (χ3v) is 10.3. The lowest BCUT2D eigenvalue weighted by atomic mass is 9.84. The highest BCUT2D eigenvalue weighted by molar-refractivity contribution is 8.04. The number of rotatable bonds is 7. The van der Waals surface area contributed by atoms with Gasteiger partial charge in [0.25, 0.3) is 0 Å². The molecule has 2 unspecified atom stereocenters. The summed E-state index contributed by atoms with van der Waals surface area (Å²) in [5, 5.41) is 7.39. The molecule has 2 fully saturated rings. The molecular formula is C26H34N4O5S2. The van der Waals surface area contributed by atoms with Crippen LogP contribution in [0.5, 0.6) is 0 Å². The molecule has 0 bridgehead atoms. The molecule has 9 nitrogen and oxygen atoms in total. The Bertz CT molecular complexity index is 1130. The Hall–Kier alpha value is -2.37. The van der Waals surface area contributed by atoms with Gasteiger partial charge in [-0.15, -0.1) is 23.1 Å². The molecule has 1 saturated heterocycles. The molecule has 1 aromatic heterocycles. The van der Waals surface area contributed by atoms with Crippen LogP contribution < -0.4 is 15.5 Å². The molecule has 2 N–H and O–H groups in total. The maximum atomic E-state index is 13.1. The van der Waals surface area contributed by atoms with E-state index in [1.54, 1.807) is 18.7 Å². The van der Waals surface area contributed by atoms with Crippen LogP contribution in [0.25, 0.3) is 0 Å². The second-order valence-electron chi connectivity index (χ2n) is 9.85. The number of amides is 4. The van der Waals surface area contributed by atoms with Gasteiger partial charge in [0.1, 0.15) is 5.00 Å². The summed E-state index contributed by atoms with van der Waals surface area (Å²) in [6, 6.07) is -0.404. The summed E-state index contributed by atoms with van der Waals surface area (Å²) in [5.41, 5.74) is 2.57. The first kappa shape index (κ1) is 26.2. The second kappa shape index (κ2) is 11.2. The van der Waals surface area contributed by atoms with Crippen molar-refractivity contribution in [3.63, 3.8) is 0 Å². The number of ether oxygens (including phenoxy) is 1. The first-order chi connectivity index (χ1) is 17.9. The number of anilines is 1. The molecule has 3 aliphatic heterocycles. The number of hydrogen-bond donors (Lipinski definition) is 2. The van der Waals surface area contributed by atoms with E-state index in [9.17, 15) is 19.2 Å². The Morgan fingerprint density at radius 1 is 1.08 bits per heavy atom. The number of thioether (sulfide) groups is 1. The van der Waals surface area contributed by atoms with Crippen molar-refractivity contribution in [2.24, 2.45) is 5.92 Å². The smallest absolute Gasteiger partial charge is 0.336 e. The summed E-state index contributed by atoms with van der Waals surface area (Å²) in [6.07, 6.45) is 5.39. The minimum atomic E-state index is -0.404. The number of nitrogens with zero attached hydrogens (tertiary/aromatic N) is 2. The molecule has 4 heterocycles. The average Bonchev–Trinajstić information content (AvgIpc) is 3.54. The average molecular weight is 547 g/mol. The SMILES string of the molecule is CCOC(=O)C1=C(NC(=O)NCc2c(N3C(=O)CCC3=O)sc3c2CCN(CC)C3)SC2CCCCC12. The molecule has 1 aliphatic carbocycles. The normalized spacial score (nSPS) is 23.8. The number of carbonyl (C=O) groups excluding carboxylic acids is 4. The van der Waals surface area contributed by atoms with E-state index in [0.29, 0.717) is 22.2 Å². The highest BCUT2D eigenvalue weighted by Gasteiger charge is 2.42. The van der Waals surface area contributed by atoms with Gasteiger partial charge in [-0.25, -0.2) is 14.5 Å².